The maximum absolute atomic E-state index is 5.96. The summed E-state index contributed by atoms with van der Waals surface area (Å²) in [5.74, 6) is 1.30. The zero-order valence-corrected chi connectivity index (χ0v) is 13.7. The van der Waals surface area contributed by atoms with Gasteiger partial charge in [-0.2, -0.15) is 4.98 Å². The Morgan fingerprint density at radius 1 is 1.17 bits per heavy atom. The van der Waals surface area contributed by atoms with E-state index in [0.717, 1.165) is 22.2 Å². The molecule has 2 heterocycles. The lowest BCUT2D eigenvalue weighted by Crippen LogP contribution is -2.13. The number of benzene rings is 2. The minimum Gasteiger partial charge on any atom is -0.437 e. The number of rotatable bonds is 2. The van der Waals surface area contributed by atoms with Crippen molar-refractivity contribution >= 4 is 21.6 Å². The fourth-order valence-corrected chi connectivity index (χ4v) is 3.09. The summed E-state index contributed by atoms with van der Waals surface area (Å²) in [5.41, 5.74) is 3.01. The Balaban J connectivity index is 1.79. The first-order valence-corrected chi connectivity index (χ1v) is 8.09. The van der Waals surface area contributed by atoms with E-state index in [2.05, 4.69) is 55.6 Å². The van der Waals surface area contributed by atoms with E-state index in [1.54, 1.807) is 0 Å². The summed E-state index contributed by atoms with van der Waals surface area (Å²) < 4.78 is 6.97. The fraction of sp³-hybridized carbons (Fsp3) is 0.111. The Morgan fingerprint density at radius 3 is 2.91 bits per heavy atom. The van der Waals surface area contributed by atoms with Gasteiger partial charge in [-0.3, -0.25) is 0 Å². The zero-order valence-electron chi connectivity index (χ0n) is 12.2. The van der Waals surface area contributed by atoms with Crippen LogP contribution in [0, 0.1) is 6.20 Å². The number of anilines is 1. The van der Waals surface area contributed by atoms with Crippen LogP contribution in [0.15, 0.2) is 59.3 Å². The maximum atomic E-state index is 5.96. The molecule has 0 bridgehead atoms. The highest BCUT2D eigenvalue weighted by atomic mass is 79.9. The van der Waals surface area contributed by atoms with E-state index in [9.17, 15) is 0 Å². The van der Waals surface area contributed by atoms with E-state index in [0.29, 0.717) is 11.6 Å². The van der Waals surface area contributed by atoms with Crippen molar-refractivity contribution in [2.75, 3.05) is 5.32 Å². The lowest BCUT2D eigenvalue weighted by atomic mass is 9.98. The average Bonchev–Trinajstić information content (AvgIpc) is 2.72. The Morgan fingerprint density at radius 2 is 2.04 bits per heavy atom. The highest BCUT2D eigenvalue weighted by Crippen LogP contribution is 2.40. The molecular weight excluding hydrogens is 354 g/mol. The molecule has 23 heavy (non-hydrogen) atoms. The molecule has 0 saturated carbocycles. The average molecular weight is 367 g/mol. The van der Waals surface area contributed by atoms with Crippen LogP contribution in [0.25, 0.3) is 0 Å². The second-order valence-electron chi connectivity index (χ2n) is 5.34. The van der Waals surface area contributed by atoms with E-state index in [1.165, 1.54) is 11.9 Å². The number of hydrogen-bond donors (Lipinski definition) is 1. The van der Waals surface area contributed by atoms with E-state index >= 15 is 0 Å². The maximum Gasteiger partial charge on any atom is 0.246 e. The Kier molecular flexibility index (Phi) is 3.71. The van der Waals surface area contributed by atoms with Crippen molar-refractivity contribution in [3.63, 3.8) is 0 Å². The van der Waals surface area contributed by atoms with E-state index in [-0.39, 0.29) is 6.04 Å². The molecule has 113 valence electrons. The molecule has 4 rings (SSSR count). The van der Waals surface area contributed by atoms with Gasteiger partial charge in [-0.1, -0.05) is 46.3 Å². The predicted octanol–water partition coefficient (Wildman–Crippen LogP) is 4.54. The number of nitrogens with one attached hydrogen (secondary N) is 1. The molecule has 3 aromatic rings. The van der Waals surface area contributed by atoms with Crippen molar-refractivity contribution in [3.05, 3.63) is 76.7 Å². The van der Waals surface area contributed by atoms with Crippen LogP contribution < -0.4 is 10.1 Å². The second-order valence-corrected chi connectivity index (χ2v) is 6.25. The standard InChI is InChI=1S/C18H13BrN3O/c19-13-6-7-17-14(9-13)15(8-12-4-2-1-3-5-12)22-16-10-20-11-21-18(16)23-17/h1-7,9,11,15,22H,8H2. The molecule has 1 N–H and O–H groups in total. The van der Waals surface area contributed by atoms with Gasteiger partial charge in [0, 0.05) is 10.0 Å². The first-order chi connectivity index (χ1) is 11.3. The molecule has 0 amide bonds. The monoisotopic (exact) mass is 366 g/mol. The molecule has 4 nitrogen and oxygen atoms in total. The summed E-state index contributed by atoms with van der Waals surface area (Å²) in [6, 6.07) is 16.4. The molecule has 0 spiro atoms. The van der Waals surface area contributed by atoms with Gasteiger partial charge in [-0.05, 0) is 30.2 Å². The molecular formula is C18H13BrN3O. The summed E-state index contributed by atoms with van der Waals surface area (Å²) in [7, 11) is 0. The van der Waals surface area contributed by atoms with Gasteiger partial charge in [-0.15, -0.1) is 0 Å². The molecule has 2 aromatic carbocycles. The van der Waals surface area contributed by atoms with Gasteiger partial charge in [0.15, 0.2) is 0 Å². The molecule has 5 heteroatoms. The van der Waals surface area contributed by atoms with Crippen molar-refractivity contribution < 1.29 is 4.74 Å². The largest absolute Gasteiger partial charge is 0.437 e. The fourth-order valence-electron chi connectivity index (χ4n) is 2.71. The summed E-state index contributed by atoms with van der Waals surface area (Å²) >= 11 is 3.54. The number of aromatic nitrogens is 2. The molecule has 1 atom stereocenters. The van der Waals surface area contributed by atoms with Crippen LogP contribution in [-0.2, 0) is 6.42 Å². The predicted molar refractivity (Wildman–Crippen MR) is 91.6 cm³/mol. The highest BCUT2D eigenvalue weighted by molar-refractivity contribution is 9.10. The first kappa shape index (κ1) is 14.2. The number of fused-ring (bicyclic) bond motifs is 2. The van der Waals surface area contributed by atoms with E-state index in [1.807, 2.05) is 30.3 Å². The SMILES string of the molecule is Brc1ccc2c(c1)C(Cc1ccccc1)Nc1[c]ncnc1O2. The topological polar surface area (TPSA) is 47.0 Å². The van der Waals surface area contributed by atoms with Crippen molar-refractivity contribution in [2.45, 2.75) is 12.5 Å². The molecule has 0 fully saturated rings. The zero-order chi connectivity index (χ0) is 15.6. The van der Waals surface area contributed by atoms with Crippen LogP contribution in [0.4, 0.5) is 5.69 Å². The molecule has 0 aliphatic carbocycles. The highest BCUT2D eigenvalue weighted by Gasteiger charge is 2.24. The molecule has 1 aliphatic heterocycles. The lowest BCUT2D eigenvalue weighted by Gasteiger charge is -2.19. The number of ether oxygens (including phenoxy) is 1. The van der Waals surface area contributed by atoms with Crippen molar-refractivity contribution in [3.8, 4) is 11.6 Å². The summed E-state index contributed by atoms with van der Waals surface area (Å²) in [4.78, 5) is 8.18. The Bertz CT molecular complexity index is 839. The minimum absolute atomic E-state index is 0.0494. The van der Waals surface area contributed by atoms with Gasteiger partial charge in [-0.25, -0.2) is 4.98 Å². The van der Waals surface area contributed by atoms with Gasteiger partial charge in [0.1, 0.15) is 24.0 Å². The Labute approximate surface area is 142 Å². The third-order valence-electron chi connectivity index (χ3n) is 3.78. The van der Waals surface area contributed by atoms with Crippen LogP contribution in [0.3, 0.4) is 0 Å². The normalized spacial score (nSPS) is 15.6. The van der Waals surface area contributed by atoms with Crippen LogP contribution >= 0.6 is 15.9 Å². The summed E-state index contributed by atoms with van der Waals surface area (Å²) in [6.07, 6.45) is 5.20. The third kappa shape index (κ3) is 2.92. The van der Waals surface area contributed by atoms with Gasteiger partial charge in [0.05, 0.1) is 6.04 Å². The number of hydrogen-bond acceptors (Lipinski definition) is 4. The van der Waals surface area contributed by atoms with E-state index in [4.69, 9.17) is 4.74 Å². The molecule has 1 aromatic heterocycles. The third-order valence-corrected chi connectivity index (χ3v) is 4.27. The molecule has 1 unspecified atom stereocenters. The van der Waals surface area contributed by atoms with Crippen molar-refractivity contribution in [2.24, 2.45) is 0 Å². The molecule has 1 aliphatic rings. The minimum atomic E-state index is 0.0494. The smallest absolute Gasteiger partial charge is 0.246 e. The molecule has 1 radical (unpaired) electrons. The van der Waals surface area contributed by atoms with Gasteiger partial charge in [0.25, 0.3) is 0 Å². The first-order valence-electron chi connectivity index (χ1n) is 7.30. The van der Waals surface area contributed by atoms with E-state index < -0.39 is 0 Å². The Hall–Kier alpha value is -2.40. The van der Waals surface area contributed by atoms with Crippen LogP contribution in [-0.4, -0.2) is 9.97 Å². The lowest BCUT2D eigenvalue weighted by molar-refractivity contribution is 0.461. The van der Waals surface area contributed by atoms with Crippen LogP contribution in [0.5, 0.6) is 11.6 Å². The summed E-state index contributed by atoms with van der Waals surface area (Å²) in [6.45, 7) is 0. The van der Waals surface area contributed by atoms with Crippen LogP contribution in [0.1, 0.15) is 17.2 Å². The van der Waals surface area contributed by atoms with Gasteiger partial charge < -0.3 is 10.1 Å². The number of halogens is 1. The summed E-state index contributed by atoms with van der Waals surface area (Å²) in [5, 5.41) is 3.46. The van der Waals surface area contributed by atoms with Gasteiger partial charge in [0.2, 0.25) is 5.88 Å². The second kappa shape index (κ2) is 6.01. The van der Waals surface area contributed by atoms with Crippen LogP contribution in [0.2, 0.25) is 0 Å². The number of nitrogens with zero attached hydrogens (tertiary/aromatic N) is 2. The van der Waals surface area contributed by atoms with Crippen molar-refractivity contribution in [1.29, 1.82) is 0 Å². The quantitative estimate of drug-likeness (QED) is 0.722. The molecule has 0 saturated heterocycles. The van der Waals surface area contributed by atoms with Crippen molar-refractivity contribution in [1.82, 2.24) is 9.97 Å². The van der Waals surface area contributed by atoms with Gasteiger partial charge >= 0.3 is 0 Å².